The molecular formula is C14H13ClO4. The highest BCUT2D eigenvalue weighted by Crippen LogP contribution is 2.46. The van der Waals surface area contributed by atoms with Crippen molar-refractivity contribution in [2.75, 3.05) is 0 Å². The molecule has 4 nitrogen and oxygen atoms in total. The van der Waals surface area contributed by atoms with Gasteiger partial charge in [0.25, 0.3) is 0 Å². The van der Waals surface area contributed by atoms with E-state index in [2.05, 4.69) is 0 Å². The summed E-state index contributed by atoms with van der Waals surface area (Å²) >= 11 is 6.32. The van der Waals surface area contributed by atoms with Crippen molar-refractivity contribution in [1.82, 2.24) is 0 Å². The van der Waals surface area contributed by atoms with Crippen molar-refractivity contribution in [2.45, 2.75) is 30.9 Å². The van der Waals surface area contributed by atoms with Crippen LogP contribution in [-0.4, -0.2) is 16.8 Å². The van der Waals surface area contributed by atoms with E-state index in [1.165, 1.54) is 6.07 Å². The van der Waals surface area contributed by atoms with Gasteiger partial charge in [0.2, 0.25) is 0 Å². The molecule has 1 aromatic carbocycles. The van der Waals surface area contributed by atoms with Gasteiger partial charge in [0.15, 0.2) is 0 Å². The zero-order valence-corrected chi connectivity index (χ0v) is 11.3. The monoisotopic (exact) mass is 280 g/mol. The van der Waals surface area contributed by atoms with Gasteiger partial charge in [0.05, 0.1) is 10.9 Å². The third-order valence-corrected chi connectivity index (χ3v) is 3.88. The van der Waals surface area contributed by atoms with E-state index in [1.807, 2.05) is 0 Å². The van der Waals surface area contributed by atoms with E-state index in [9.17, 15) is 9.90 Å². The molecule has 0 saturated carbocycles. The van der Waals surface area contributed by atoms with Gasteiger partial charge in [-0.15, -0.1) is 11.6 Å². The summed E-state index contributed by atoms with van der Waals surface area (Å²) in [5.74, 6) is 0.539. The summed E-state index contributed by atoms with van der Waals surface area (Å²) in [6.45, 7) is 3.53. The highest BCUT2D eigenvalue weighted by atomic mass is 35.5. The van der Waals surface area contributed by atoms with Gasteiger partial charge in [-0.25, -0.2) is 4.79 Å². The van der Waals surface area contributed by atoms with Gasteiger partial charge in [-0.1, -0.05) is 0 Å². The highest BCUT2D eigenvalue weighted by Gasteiger charge is 2.43. The lowest BCUT2D eigenvalue weighted by Gasteiger charge is -2.39. The fourth-order valence-corrected chi connectivity index (χ4v) is 2.85. The normalized spacial score (nSPS) is 24.8. The molecule has 0 spiro atoms. The fourth-order valence-electron chi connectivity index (χ4n) is 2.34. The van der Waals surface area contributed by atoms with Gasteiger partial charge < -0.3 is 14.3 Å². The van der Waals surface area contributed by atoms with Crippen molar-refractivity contribution in [3.05, 3.63) is 40.2 Å². The number of rotatable bonds is 0. The summed E-state index contributed by atoms with van der Waals surface area (Å²) in [5, 5.41) is 10.3. The molecule has 0 saturated heterocycles. The summed E-state index contributed by atoms with van der Waals surface area (Å²) in [5.41, 5.74) is -0.338. The predicted octanol–water partition coefficient (Wildman–Crippen LogP) is 2.60. The number of alkyl halides is 1. The van der Waals surface area contributed by atoms with Crippen molar-refractivity contribution in [3.63, 3.8) is 0 Å². The second-order valence-corrected chi connectivity index (χ2v) is 5.67. The maximum absolute atomic E-state index is 11.4. The first-order valence-electron chi connectivity index (χ1n) is 5.98. The lowest BCUT2D eigenvalue weighted by atomic mass is 9.90. The number of aliphatic hydroxyl groups excluding tert-OH is 1. The Kier molecular flexibility index (Phi) is 2.62. The molecule has 1 aromatic heterocycles. The zero-order chi connectivity index (χ0) is 13.8. The van der Waals surface area contributed by atoms with Crippen molar-refractivity contribution in [1.29, 1.82) is 0 Å². The summed E-state index contributed by atoms with van der Waals surface area (Å²) in [6.07, 6.45) is -0.891. The molecule has 1 aliphatic rings. The molecule has 2 aromatic rings. The highest BCUT2D eigenvalue weighted by molar-refractivity contribution is 6.22. The summed E-state index contributed by atoms with van der Waals surface area (Å²) in [7, 11) is 0. The molecular weight excluding hydrogens is 268 g/mol. The van der Waals surface area contributed by atoms with Crippen LogP contribution in [0.2, 0.25) is 0 Å². The molecule has 100 valence electrons. The summed E-state index contributed by atoms with van der Waals surface area (Å²) in [6, 6.07) is 6.59. The van der Waals surface area contributed by atoms with Crippen molar-refractivity contribution in [2.24, 2.45) is 0 Å². The largest absolute Gasteiger partial charge is 0.485 e. The van der Waals surface area contributed by atoms with Crippen LogP contribution in [0.25, 0.3) is 11.0 Å². The molecule has 1 N–H and O–H groups in total. The molecule has 19 heavy (non-hydrogen) atoms. The van der Waals surface area contributed by atoms with E-state index in [1.54, 1.807) is 32.0 Å². The van der Waals surface area contributed by atoms with E-state index in [4.69, 9.17) is 20.8 Å². The van der Waals surface area contributed by atoms with Crippen LogP contribution in [0, 0.1) is 0 Å². The molecule has 0 amide bonds. The quantitative estimate of drug-likeness (QED) is 0.595. The average Bonchev–Trinajstić information content (AvgIpc) is 2.35. The van der Waals surface area contributed by atoms with Crippen LogP contribution in [-0.2, 0) is 0 Å². The molecule has 0 radical (unpaired) electrons. The summed E-state index contributed by atoms with van der Waals surface area (Å²) in [4.78, 5) is 11.4. The van der Waals surface area contributed by atoms with Crippen LogP contribution in [0.5, 0.6) is 5.75 Å². The minimum atomic E-state index is -0.891. The van der Waals surface area contributed by atoms with Crippen molar-refractivity contribution < 1.29 is 14.3 Å². The van der Waals surface area contributed by atoms with Gasteiger partial charge in [-0.2, -0.15) is 0 Å². The van der Waals surface area contributed by atoms with Crippen LogP contribution >= 0.6 is 11.6 Å². The van der Waals surface area contributed by atoms with Gasteiger partial charge in [-0.05, 0) is 32.0 Å². The third kappa shape index (κ3) is 1.83. The first kappa shape index (κ1) is 12.5. The van der Waals surface area contributed by atoms with E-state index in [0.29, 0.717) is 16.9 Å². The molecule has 1 aliphatic heterocycles. The third-order valence-electron chi connectivity index (χ3n) is 3.43. The van der Waals surface area contributed by atoms with Crippen LogP contribution in [0.1, 0.15) is 24.8 Å². The van der Waals surface area contributed by atoms with Crippen molar-refractivity contribution in [3.8, 4) is 5.75 Å². The number of hydrogen-bond donors (Lipinski definition) is 1. The Morgan fingerprint density at radius 1 is 1.26 bits per heavy atom. The Balaban J connectivity index is 2.33. The molecule has 2 atom stereocenters. The zero-order valence-electron chi connectivity index (χ0n) is 10.5. The second-order valence-electron chi connectivity index (χ2n) is 5.20. The second kappa shape index (κ2) is 3.99. The van der Waals surface area contributed by atoms with Gasteiger partial charge >= 0.3 is 5.63 Å². The molecule has 5 heteroatoms. The number of ether oxygens (including phenoxy) is 1. The number of aliphatic hydroxyl groups is 1. The topological polar surface area (TPSA) is 59.7 Å². The van der Waals surface area contributed by atoms with Crippen LogP contribution in [0.15, 0.2) is 33.5 Å². The lowest BCUT2D eigenvalue weighted by molar-refractivity contribution is -0.0440. The van der Waals surface area contributed by atoms with E-state index in [0.717, 1.165) is 5.39 Å². The SMILES string of the molecule is CC1(C)Oc2ccc3ccc(=O)oc3c2C(Cl)C1O. The van der Waals surface area contributed by atoms with Crippen LogP contribution in [0.3, 0.4) is 0 Å². The van der Waals surface area contributed by atoms with Crippen molar-refractivity contribution >= 4 is 22.6 Å². The Bertz CT molecular complexity index is 704. The Labute approximate surface area is 114 Å². The van der Waals surface area contributed by atoms with E-state index < -0.39 is 22.7 Å². The van der Waals surface area contributed by atoms with Crippen LogP contribution < -0.4 is 10.4 Å². The smallest absolute Gasteiger partial charge is 0.336 e. The van der Waals surface area contributed by atoms with E-state index in [-0.39, 0.29) is 0 Å². The molecule has 3 rings (SSSR count). The minimum absolute atomic E-state index is 0.375. The number of halogens is 1. The minimum Gasteiger partial charge on any atom is -0.485 e. The standard InChI is InChI=1S/C14H13ClO4/c1-14(2)13(17)11(15)10-8(19-14)5-3-7-4-6-9(16)18-12(7)10/h3-6,11,13,17H,1-2H3. The molecule has 0 bridgehead atoms. The number of fused-ring (bicyclic) bond motifs is 3. The Hall–Kier alpha value is -1.52. The number of hydrogen-bond acceptors (Lipinski definition) is 4. The Morgan fingerprint density at radius 2 is 1.95 bits per heavy atom. The molecule has 0 fully saturated rings. The predicted molar refractivity (Wildman–Crippen MR) is 71.8 cm³/mol. The maximum Gasteiger partial charge on any atom is 0.336 e. The fraction of sp³-hybridized carbons (Fsp3) is 0.357. The van der Waals surface area contributed by atoms with Crippen LogP contribution in [0.4, 0.5) is 0 Å². The first-order valence-corrected chi connectivity index (χ1v) is 6.42. The number of benzene rings is 1. The molecule has 2 heterocycles. The van der Waals surface area contributed by atoms with Gasteiger partial charge in [0.1, 0.15) is 23.0 Å². The molecule has 2 unspecified atom stereocenters. The van der Waals surface area contributed by atoms with E-state index >= 15 is 0 Å². The lowest BCUT2D eigenvalue weighted by Crippen LogP contribution is -2.47. The average molecular weight is 281 g/mol. The Morgan fingerprint density at radius 3 is 2.68 bits per heavy atom. The first-order chi connectivity index (χ1) is 8.90. The van der Waals surface area contributed by atoms with Gasteiger partial charge in [0, 0.05) is 11.5 Å². The van der Waals surface area contributed by atoms with Gasteiger partial charge in [-0.3, -0.25) is 0 Å². The maximum atomic E-state index is 11.4. The summed E-state index contributed by atoms with van der Waals surface area (Å²) < 4.78 is 11.0. The molecule has 0 aliphatic carbocycles.